The van der Waals surface area contributed by atoms with Crippen molar-refractivity contribution in [3.8, 4) is 0 Å². The summed E-state index contributed by atoms with van der Waals surface area (Å²) in [6.07, 6.45) is 0.165. The van der Waals surface area contributed by atoms with E-state index in [4.69, 9.17) is 14.2 Å². The smallest absolute Gasteiger partial charge is 0.428 e. The van der Waals surface area contributed by atoms with Crippen molar-refractivity contribution in [3.63, 3.8) is 0 Å². The second-order valence-corrected chi connectivity index (χ2v) is 7.68. The van der Waals surface area contributed by atoms with Gasteiger partial charge in [0.1, 0.15) is 5.60 Å². The first kappa shape index (κ1) is 19.3. The quantitative estimate of drug-likeness (QED) is 0.649. The van der Waals surface area contributed by atoms with Crippen molar-refractivity contribution in [2.24, 2.45) is 0 Å². The first-order valence-electron chi connectivity index (χ1n) is 9.09. The van der Waals surface area contributed by atoms with Gasteiger partial charge in [0.25, 0.3) is 0 Å². The minimum absolute atomic E-state index is 0.223. The SMILES string of the molecule is CC(C)(C)OC(=O)OC(=O)[C@]1(OCc2ccc3ccccc3c2)CCCN1. The summed E-state index contributed by atoms with van der Waals surface area (Å²) in [6.45, 7) is 5.96. The Morgan fingerprint density at radius 2 is 1.85 bits per heavy atom. The largest absolute Gasteiger partial charge is 0.516 e. The second-order valence-electron chi connectivity index (χ2n) is 7.68. The Morgan fingerprint density at radius 3 is 2.52 bits per heavy atom. The third kappa shape index (κ3) is 4.84. The van der Waals surface area contributed by atoms with Gasteiger partial charge in [0.2, 0.25) is 5.72 Å². The fourth-order valence-corrected chi connectivity index (χ4v) is 3.04. The van der Waals surface area contributed by atoms with Crippen LogP contribution < -0.4 is 5.32 Å². The molecule has 0 spiro atoms. The standard InChI is InChI=1S/C21H25NO5/c1-20(2,3)27-19(24)26-18(23)21(11-6-12-22-21)25-14-15-9-10-16-7-4-5-8-17(16)13-15/h4-5,7-10,13,22H,6,11-12,14H2,1-3H3/t21-/m1/s1. The van der Waals surface area contributed by atoms with Gasteiger partial charge in [0.05, 0.1) is 6.61 Å². The Balaban J connectivity index is 1.68. The molecule has 27 heavy (non-hydrogen) atoms. The zero-order valence-electron chi connectivity index (χ0n) is 15.9. The maximum Gasteiger partial charge on any atom is 0.516 e. The summed E-state index contributed by atoms with van der Waals surface area (Å²) >= 11 is 0. The average Bonchev–Trinajstić information content (AvgIpc) is 3.08. The molecule has 2 aromatic carbocycles. The van der Waals surface area contributed by atoms with Crippen LogP contribution in [0.2, 0.25) is 0 Å². The highest BCUT2D eigenvalue weighted by Gasteiger charge is 2.45. The molecule has 6 heteroatoms. The molecule has 144 valence electrons. The lowest BCUT2D eigenvalue weighted by Gasteiger charge is -2.27. The van der Waals surface area contributed by atoms with Crippen LogP contribution >= 0.6 is 0 Å². The van der Waals surface area contributed by atoms with E-state index in [0.717, 1.165) is 22.8 Å². The first-order valence-corrected chi connectivity index (χ1v) is 9.09. The summed E-state index contributed by atoms with van der Waals surface area (Å²) in [7, 11) is 0. The number of hydrogen-bond donors (Lipinski definition) is 1. The maximum absolute atomic E-state index is 12.6. The molecular formula is C21H25NO5. The van der Waals surface area contributed by atoms with E-state index < -0.39 is 23.5 Å². The van der Waals surface area contributed by atoms with E-state index in [1.54, 1.807) is 20.8 Å². The Labute approximate surface area is 158 Å². The molecule has 0 radical (unpaired) electrons. The van der Waals surface area contributed by atoms with Gasteiger partial charge >= 0.3 is 12.1 Å². The highest BCUT2D eigenvalue weighted by atomic mass is 16.8. The van der Waals surface area contributed by atoms with Crippen molar-refractivity contribution in [3.05, 3.63) is 48.0 Å². The van der Waals surface area contributed by atoms with Gasteiger partial charge in [0.15, 0.2) is 0 Å². The maximum atomic E-state index is 12.6. The molecule has 1 N–H and O–H groups in total. The van der Waals surface area contributed by atoms with Crippen LogP contribution in [-0.4, -0.2) is 30.0 Å². The van der Waals surface area contributed by atoms with Crippen molar-refractivity contribution in [1.29, 1.82) is 0 Å². The lowest BCUT2D eigenvalue weighted by Crippen LogP contribution is -2.51. The molecule has 0 amide bonds. The van der Waals surface area contributed by atoms with Crippen LogP contribution in [0.15, 0.2) is 42.5 Å². The van der Waals surface area contributed by atoms with Crippen LogP contribution in [0.5, 0.6) is 0 Å². The molecule has 6 nitrogen and oxygen atoms in total. The number of ether oxygens (including phenoxy) is 3. The van der Waals surface area contributed by atoms with Crippen LogP contribution in [0.25, 0.3) is 10.8 Å². The zero-order valence-corrected chi connectivity index (χ0v) is 15.9. The molecule has 0 saturated carbocycles. The summed E-state index contributed by atoms with van der Waals surface area (Å²) in [5.41, 5.74) is -1.13. The minimum Gasteiger partial charge on any atom is -0.428 e. The van der Waals surface area contributed by atoms with E-state index in [-0.39, 0.29) is 6.61 Å². The molecule has 1 saturated heterocycles. The van der Waals surface area contributed by atoms with Gasteiger partial charge in [-0.1, -0.05) is 36.4 Å². The van der Waals surface area contributed by atoms with E-state index in [2.05, 4.69) is 5.32 Å². The molecule has 1 heterocycles. The topological polar surface area (TPSA) is 73.9 Å². The molecule has 1 atom stereocenters. The van der Waals surface area contributed by atoms with E-state index in [1.807, 2.05) is 42.5 Å². The van der Waals surface area contributed by atoms with Crippen LogP contribution in [-0.2, 0) is 25.6 Å². The van der Waals surface area contributed by atoms with Crippen molar-refractivity contribution in [1.82, 2.24) is 5.32 Å². The van der Waals surface area contributed by atoms with Crippen LogP contribution in [0.1, 0.15) is 39.2 Å². The van der Waals surface area contributed by atoms with Gasteiger partial charge < -0.3 is 14.2 Å². The number of benzene rings is 2. The average molecular weight is 371 g/mol. The molecule has 3 rings (SSSR count). The van der Waals surface area contributed by atoms with E-state index >= 15 is 0 Å². The summed E-state index contributed by atoms with van der Waals surface area (Å²) in [5.74, 6) is -0.768. The van der Waals surface area contributed by atoms with Crippen molar-refractivity contribution >= 4 is 22.9 Å². The predicted octanol–water partition coefficient (Wildman–Crippen LogP) is 3.91. The predicted molar refractivity (Wildman–Crippen MR) is 101 cm³/mol. The number of hydrogen-bond acceptors (Lipinski definition) is 6. The Bertz CT molecular complexity index is 834. The number of fused-ring (bicyclic) bond motifs is 1. The number of carbonyl (C=O) groups is 2. The highest BCUT2D eigenvalue weighted by molar-refractivity contribution is 5.88. The number of esters is 1. The Hall–Kier alpha value is -2.44. The third-order valence-corrected chi connectivity index (χ3v) is 4.31. The van der Waals surface area contributed by atoms with Crippen molar-refractivity contribution in [2.75, 3.05) is 6.54 Å². The molecule has 0 aliphatic carbocycles. The molecular weight excluding hydrogens is 346 g/mol. The fourth-order valence-electron chi connectivity index (χ4n) is 3.04. The molecule has 1 fully saturated rings. The number of carbonyl (C=O) groups excluding carboxylic acids is 2. The summed E-state index contributed by atoms with van der Waals surface area (Å²) in [4.78, 5) is 24.4. The Kier molecular flexibility index (Phi) is 5.48. The molecule has 0 unspecified atom stereocenters. The van der Waals surface area contributed by atoms with Gasteiger partial charge in [-0.05, 0) is 56.1 Å². The summed E-state index contributed by atoms with van der Waals surface area (Å²) < 4.78 is 15.9. The zero-order chi connectivity index (χ0) is 19.5. The summed E-state index contributed by atoms with van der Waals surface area (Å²) in [5, 5.41) is 5.28. The first-order chi connectivity index (χ1) is 12.8. The van der Waals surface area contributed by atoms with Gasteiger partial charge in [-0.3, -0.25) is 5.32 Å². The van der Waals surface area contributed by atoms with Gasteiger partial charge in [-0.2, -0.15) is 0 Å². The van der Waals surface area contributed by atoms with Crippen molar-refractivity contribution in [2.45, 2.75) is 51.5 Å². The van der Waals surface area contributed by atoms with Gasteiger partial charge in [0, 0.05) is 6.42 Å². The fraction of sp³-hybridized carbons (Fsp3) is 0.429. The molecule has 2 aromatic rings. The molecule has 0 aromatic heterocycles. The lowest BCUT2D eigenvalue weighted by molar-refractivity contribution is -0.174. The van der Waals surface area contributed by atoms with E-state index in [1.165, 1.54) is 0 Å². The molecule has 1 aliphatic heterocycles. The Morgan fingerprint density at radius 1 is 1.11 bits per heavy atom. The highest BCUT2D eigenvalue weighted by Crippen LogP contribution is 2.26. The second kappa shape index (κ2) is 7.66. The minimum atomic E-state index is -1.33. The summed E-state index contributed by atoms with van der Waals surface area (Å²) in [6, 6.07) is 14.0. The van der Waals surface area contributed by atoms with E-state index in [0.29, 0.717) is 13.0 Å². The van der Waals surface area contributed by atoms with Crippen LogP contribution in [0.3, 0.4) is 0 Å². The van der Waals surface area contributed by atoms with Gasteiger partial charge in [-0.15, -0.1) is 0 Å². The van der Waals surface area contributed by atoms with Gasteiger partial charge in [-0.25, -0.2) is 9.59 Å². The lowest BCUT2D eigenvalue weighted by atomic mass is 10.1. The van der Waals surface area contributed by atoms with Crippen LogP contribution in [0, 0.1) is 0 Å². The number of rotatable bonds is 4. The van der Waals surface area contributed by atoms with Crippen LogP contribution in [0.4, 0.5) is 4.79 Å². The van der Waals surface area contributed by atoms with Crippen molar-refractivity contribution < 1.29 is 23.8 Å². The third-order valence-electron chi connectivity index (χ3n) is 4.31. The molecule has 1 aliphatic rings. The molecule has 0 bridgehead atoms. The van der Waals surface area contributed by atoms with E-state index in [9.17, 15) is 9.59 Å². The monoisotopic (exact) mass is 371 g/mol. The normalized spacial score (nSPS) is 19.8. The number of nitrogens with one attached hydrogen (secondary N) is 1.